The van der Waals surface area contributed by atoms with E-state index in [-0.39, 0.29) is 11.0 Å². The van der Waals surface area contributed by atoms with Crippen LogP contribution in [0.5, 0.6) is 0 Å². The zero-order chi connectivity index (χ0) is 17.5. The topological polar surface area (TPSA) is 63.1 Å². The Kier molecular flexibility index (Phi) is 3.93. The summed E-state index contributed by atoms with van der Waals surface area (Å²) in [4.78, 5) is 3.33. The zero-order valence-corrected chi connectivity index (χ0v) is 15.1. The molecule has 5 nitrogen and oxygen atoms in total. The lowest BCUT2D eigenvalue weighted by Gasteiger charge is -2.42. The Bertz CT molecular complexity index is 868. The van der Waals surface area contributed by atoms with E-state index in [9.17, 15) is 0 Å². The minimum Gasteiger partial charge on any atom is -0.377 e. The second kappa shape index (κ2) is 6.00. The molecule has 2 N–H and O–H groups in total. The first-order valence-electron chi connectivity index (χ1n) is 8.79. The van der Waals surface area contributed by atoms with Crippen LogP contribution in [0.4, 0.5) is 0 Å². The molecule has 1 aliphatic rings. The van der Waals surface area contributed by atoms with E-state index >= 15 is 0 Å². The molecule has 0 unspecified atom stereocenters. The molecule has 1 saturated heterocycles. The first kappa shape index (κ1) is 16.4. The maximum Gasteiger partial charge on any atom is 0.142 e. The molecule has 132 valence electrons. The Hall–Kier alpha value is -2.11. The van der Waals surface area contributed by atoms with Crippen molar-refractivity contribution < 1.29 is 9.26 Å². The molecule has 2 aromatic heterocycles. The molecule has 0 aliphatic carbocycles. The van der Waals surface area contributed by atoms with Gasteiger partial charge in [0.15, 0.2) is 0 Å². The smallest absolute Gasteiger partial charge is 0.142 e. The number of aromatic nitrogens is 2. The maximum atomic E-state index is 5.53. The van der Waals surface area contributed by atoms with Crippen LogP contribution >= 0.6 is 0 Å². The summed E-state index contributed by atoms with van der Waals surface area (Å²) in [5, 5.41) is 9.23. The van der Waals surface area contributed by atoms with E-state index < -0.39 is 0 Å². The number of benzene rings is 1. The fraction of sp³-hybridized carbons (Fsp3) is 0.450. The Morgan fingerprint density at radius 2 is 2.04 bits per heavy atom. The minimum absolute atomic E-state index is 0.0218. The van der Waals surface area contributed by atoms with E-state index in [1.54, 1.807) is 0 Å². The van der Waals surface area contributed by atoms with Crippen LogP contribution in [0, 0.1) is 0 Å². The maximum absolute atomic E-state index is 5.53. The van der Waals surface area contributed by atoms with Crippen molar-refractivity contribution in [3.8, 4) is 0 Å². The van der Waals surface area contributed by atoms with Crippen LogP contribution in [-0.2, 0) is 23.1 Å². The molecule has 3 heterocycles. The number of fused-ring (bicyclic) bond motifs is 1. The molecule has 4 rings (SSSR count). The highest BCUT2D eigenvalue weighted by Gasteiger charge is 2.39. The van der Waals surface area contributed by atoms with Crippen LogP contribution in [0.2, 0.25) is 0 Å². The fourth-order valence-corrected chi connectivity index (χ4v) is 3.27. The van der Waals surface area contributed by atoms with Crippen LogP contribution in [0.3, 0.4) is 0 Å². The molecule has 0 radical (unpaired) electrons. The molecule has 1 aromatic carbocycles. The number of aromatic amines is 1. The Morgan fingerprint density at radius 3 is 2.72 bits per heavy atom. The highest BCUT2D eigenvalue weighted by Crippen LogP contribution is 2.27. The van der Waals surface area contributed by atoms with Crippen molar-refractivity contribution in [2.45, 2.75) is 44.7 Å². The Balaban J connectivity index is 1.47. The lowest BCUT2D eigenvalue weighted by molar-refractivity contribution is -0.0755. The van der Waals surface area contributed by atoms with E-state index in [4.69, 9.17) is 9.26 Å². The van der Waals surface area contributed by atoms with Gasteiger partial charge >= 0.3 is 0 Å². The van der Waals surface area contributed by atoms with Crippen LogP contribution in [0.25, 0.3) is 10.9 Å². The largest absolute Gasteiger partial charge is 0.377 e. The van der Waals surface area contributed by atoms with Gasteiger partial charge in [-0.2, -0.15) is 0 Å². The van der Waals surface area contributed by atoms with Crippen molar-refractivity contribution in [1.29, 1.82) is 0 Å². The first-order valence-corrected chi connectivity index (χ1v) is 8.79. The third-order valence-electron chi connectivity index (χ3n) is 4.90. The van der Waals surface area contributed by atoms with Crippen molar-refractivity contribution in [2.75, 3.05) is 13.2 Å². The number of rotatable bonds is 5. The second-order valence-corrected chi connectivity index (χ2v) is 8.10. The molecule has 0 bridgehead atoms. The van der Waals surface area contributed by atoms with Gasteiger partial charge < -0.3 is 19.6 Å². The molecule has 1 fully saturated rings. The van der Waals surface area contributed by atoms with Gasteiger partial charge in [-0.1, -0.05) is 44.1 Å². The molecule has 0 amide bonds. The molecule has 1 aliphatic heterocycles. The Morgan fingerprint density at radius 1 is 1.24 bits per heavy atom. The van der Waals surface area contributed by atoms with Crippen molar-refractivity contribution in [3.63, 3.8) is 0 Å². The minimum atomic E-state index is -0.0651. The molecule has 0 saturated carbocycles. The SMILES string of the molecule is CC(C)(C)c1cc(CC2(NCc3c[nH]c4ccccc34)COC2)no1. The van der Waals surface area contributed by atoms with E-state index in [1.807, 2.05) is 0 Å². The lowest BCUT2D eigenvalue weighted by atomic mass is 9.89. The molecule has 3 aromatic rings. The fourth-order valence-electron chi connectivity index (χ4n) is 3.27. The van der Waals surface area contributed by atoms with Gasteiger partial charge in [-0.05, 0) is 11.6 Å². The van der Waals surface area contributed by atoms with Crippen LogP contribution in [0.15, 0.2) is 41.1 Å². The van der Waals surface area contributed by atoms with Crippen molar-refractivity contribution in [1.82, 2.24) is 15.5 Å². The third-order valence-corrected chi connectivity index (χ3v) is 4.90. The number of hydrogen-bond donors (Lipinski definition) is 2. The first-order chi connectivity index (χ1) is 12.0. The number of hydrogen-bond acceptors (Lipinski definition) is 4. The quantitative estimate of drug-likeness (QED) is 0.746. The van der Waals surface area contributed by atoms with Gasteiger partial charge in [0.2, 0.25) is 0 Å². The standard InChI is InChI=1S/C20H25N3O2/c1-19(2,3)18-8-15(23-25-18)9-20(12-24-13-20)22-11-14-10-21-17-7-5-4-6-16(14)17/h4-8,10,21-22H,9,11-13H2,1-3H3. The van der Waals surface area contributed by atoms with Crippen molar-refractivity contribution in [3.05, 3.63) is 53.5 Å². The predicted octanol–water partition coefficient (Wildman–Crippen LogP) is 3.55. The van der Waals surface area contributed by atoms with Gasteiger partial charge in [-0.3, -0.25) is 0 Å². The summed E-state index contributed by atoms with van der Waals surface area (Å²) in [6, 6.07) is 10.5. The summed E-state index contributed by atoms with van der Waals surface area (Å²) in [5.41, 5.74) is 3.35. The van der Waals surface area contributed by atoms with Gasteiger partial charge in [-0.25, -0.2) is 0 Å². The van der Waals surface area contributed by atoms with Gasteiger partial charge in [0.25, 0.3) is 0 Å². The van der Waals surface area contributed by atoms with Gasteiger partial charge in [0.1, 0.15) is 5.76 Å². The van der Waals surface area contributed by atoms with E-state index in [2.05, 4.69) is 72.8 Å². The number of H-pyrrole nitrogens is 1. The second-order valence-electron chi connectivity index (χ2n) is 8.10. The summed E-state index contributed by atoms with van der Waals surface area (Å²) in [6.07, 6.45) is 2.90. The van der Waals surface area contributed by atoms with Gasteiger partial charge in [-0.15, -0.1) is 0 Å². The van der Waals surface area contributed by atoms with Gasteiger partial charge in [0.05, 0.1) is 24.4 Å². The third kappa shape index (κ3) is 3.22. The highest BCUT2D eigenvalue weighted by molar-refractivity contribution is 5.82. The average molecular weight is 339 g/mol. The summed E-state index contributed by atoms with van der Waals surface area (Å²) >= 11 is 0. The van der Waals surface area contributed by atoms with E-state index in [1.165, 1.54) is 16.5 Å². The van der Waals surface area contributed by atoms with Crippen molar-refractivity contribution in [2.24, 2.45) is 0 Å². The monoisotopic (exact) mass is 339 g/mol. The summed E-state index contributed by atoms with van der Waals surface area (Å²) in [5.74, 6) is 0.925. The molecular formula is C20H25N3O2. The number of ether oxygens (including phenoxy) is 1. The molecular weight excluding hydrogens is 314 g/mol. The normalized spacial score (nSPS) is 16.9. The summed E-state index contributed by atoms with van der Waals surface area (Å²) in [6.45, 7) is 8.61. The molecule has 0 spiro atoms. The molecule has 25 heavy (non-hydrogen) atoms. The Labute approximate surface area is 147 Å². The van der Waals surface area contributed by atoms with E-state index in [0.29, 0.717) is 13.2 Å². The molecule has 5 heteroatoms. The zero-order valence-electron chi connectivity index (χ0n) is 15.1. The van der Waals surface area contributed by atoms with Crippen molar-refractivity contribution >= 4 is 10.9 Å². The number of nitrogens with one attached hydrogen (secondary N) is 2. The highest BCUT2D eigenvalue weighted by atomic mass is 16.5. The van der Waals surface area contributed by atoms with Crippen LogP contribution in [0.1, 0.15) is 37.8 Å². The lowest BCUT2D eigenvalue weighted by Crippen LogP contribution is -2.61. The van der Waals surface area contributed by atoms with Crippen LogP contribution < -0.4 is 5.32 Å². The predicted molar refractivity (Wildman–Crippen MR) is 97.6 cm³/mol. The van der Waals surface area contributed by atoms with Crippen LogP contribution in [-0.4, -0.2) is 28.9 Å². The summed E-state index contributed by atoms with van der Waals surface area (Å²) < 4.78 is 11.0. The number of para-hydroxylation sites is 1. The van der Waals surface area contributed by atoms with E-state index in [0.717, 1.165) is 24.4 Å². The summed E-state index contributed by atoms with van der Waals surface area (Å²) in [7, 11) is 0. The molecule has 0 atom stereocenters. The average Bonchev–Trinajstić information content (AvgIpc) is 3.16. The van der Waals surface area contributed by atoms with Gasteiger partial charge in [0, 0.05) is 41.5 Å². The number of nitrogens with zero attached hydrogens (tertiary/aromatic N) is 1.